The fourth-order valence-electron chi connectivity index (χ4n) is 1.80. The van der Waals surface area contributed by atoms with Gasteiger partial charge < -0.3 is 5.11 Å². The smallest absolute Gasteiger partial charge is 0.307 e. The number of alkyl halides is 2. The summed E-state index contributed by atoms with van der Waals surface area (Å²) in [6, 6.07) is 4.38. The van der Waals surface area contributed by atoms with E-state index in [9.17, 15) is 13.6 Å². The Morgan fingerprint density at radius 3 is 2.59 bits per heavy atom. The van der Waals surface area contributed by atoms with E-state index in [4.69, 9.17) is 10.4 Å². The molecule has 90 valence electrons. The first-order chi connectivity index (χ1) is 8.01. The summed E-state index contributed by atoms with van der Waals surface area (Å²) in [6.07, 6.45) is -2.81. The summed E-state index contributed by atoms with van der Waals surface area (Å²) in [7, 11) is 0. The van der Waals surface area contributed by atoms with Crippen molar-refractivity contribution in [2.45, 2.75) is 26.2 Å². The Bertz CT molecular complexity index is 478. The van der Waals surface area contributed by atoms with Crippen LogP contribution < -0.4 is 0 Å². The summed E-state index contributed by atoms with van der Waals surface area (Å²) in [6.45, 7) is 1.66. The van der Waals surface area contributed by atoms with E-state index in [0.717, 1.165) is 0 Å². The largest absolute Gasteiger partial charge is 0.481 e. The zero-order valence-electron chi connectivity index (χ0n) is 9.20. The second kappa shape index (κ2) is 5.39. The minimum atomic E-state index is -2.77. The molecule has 0 saturated carbocycles. The molecule has 0 fully saturated rings. The molecule has 0 aromatic heterocycles. The molecule has 17 heavy (non-hydrogen) atoms. The van der Waals surface area contributed by atoms with Crippen molar-refractivity contribution in [3.8, 4) is 6.07 Å². The maximum Gasteiger partial charge on any atom is 0.307 e. The zero-order valence-corrected chi connectivity index (χ0v) is 9.20. The molecule has 1 rings (SSSR count). The van der Waals surface area contributed by atoms with Crippen molar-refractivity contribution in [1.29, 1.82) is 5.26 Å². The normalized spacial score (nSPS) is 10.3. The van der Waals surface area contributed by atoms with Crippen LogP contribution in [0.25, 0.3) is 0 Å². The van der Waals surface area contributed by atoms with Crippen molar-refractivity contribution < 1.29 is 18.7 Å². The Balaban J connectivity index is 3.42. The molecular formula is C12H11F2NO2. The van der Waals surface area contributed by atoms with Crippen LogP contribution in [0.5, 0.6) is 0 Å². The number of hydrogen-bond acceptors (Lipinski definition) is 2. The van der Waals surface area contributed by atoms with E-state index in [0.29, 0.717) is 5.56 Å². The first-order valence-electron chi connectivity index (χ1n) is 5.05. The van der Waals surface area contributed by atoms with Crippen LogP contribution in [0.3, 0.4) is 0 Å². The predicted octanol–water partition coefficient (Wildman–Crippen LogP) is 2.69. The number of carboxylic acids is 1. The van der Waals surface area contributed by atoms with Gasteiger partial charge in [-0.15, -0.1) is 0 Å². The lowest BCUT2D eigenvalue weighted by Gasteiger charge is -2.13. The summed E-state index contributed by atoms with van der Waals surface area (Å²) in [5.74, 6) is -1.08. The maximum absolute atomic E-state index is 12.9. The number of hydrogen-bond donors (Lipinski definition) is 1. The lowest BCUT2D eigenvalue weighted by atomic mass is 9.93. The molecule has 0 aliphatic rings. The number of nitriles is 1. The number of rotatable bonds is 4. The molecular weight excluding hydrogens is 228 g/mol. The minimum Gasteiger partial charge on any atom is -0.481 e. The fourth-order valence-corrected chi connectivity index (χ4v) is 1.80. The molecule has 0 heterocycles. The molecule has 0 spiro atoms. The molecule has 0 bridgehead atoms. The van der Waals surface area contributed by atoms with Crippen LogP contribution in [-0.2, 0) is 17.6 Å². The highest BCUT2D eigenvalue weighted by Gasteiger charge is 2.20. The fraction of sp³-hybridized carbons (Fsp3) is 0.333. The van der Waals surface area contributed by atoms with E-state index in [1.165, 1.54) is 12.1 Å². The van der Waals surface area contributed by atoms with Gasteiger partial charge in [-0.2, -0.15) is 5.26 Å². The zero-order chi connectivity index (χ0) is 13.0. The molecule has 0 atom stereocenters. The van der Waals surface area contributed by atoms with Gasteiger partial charge in [0, 0.05) is 5.56 Å². The Kier molecular flexibility index (Phi) is 4.16. The Labute approximate surface area is 97.3 Å². The van der Waals surface area contributed by atoms with Crippen LogP contribution in [0.2, 0.25) is 0 Å². The number of benzene rings is 1. The summed E-state index contributed by atoms with van der Waals surface area (Å²) in [5, 5.41) is 17.5. The quantitative estimate of drug-likeness (QED) is 0.878. The van der Waals surface area contributed by atoms with Crippen LogP contribution in [0.1, 0.15) is 35.6 Å². The lowest BCUT2D eigenvalue weighted by molar-refractivity contribution is -0.136. The van der Waals surface area contributed by atoms with Gasteiger partial charge in [-0.25, -0.2) is 8.78 Å². The van der Waals surface area contributed by atoms with Gasteiger partial charge in [-0.1, -0.05) is 13.0 Å². The standard InChI is InChI=1S/C12H11F2NO2/c1-2-9-7(5-10(16)17)3-4-8(6-15)11(9)12(13)14/h3-4,12H,2,5H2,1H3,(H,16,17). The van der Waals surface area contributed by atoms with Gasteiger partial charge in [-0.3, -0.25) is 4.79 Å². The molecule has 0 aliphatic heterocycles. The van der Waals surface area contributed by atoms with E-state index < -0.39 is 12.4 Å². The Hall–Kier alpha value is -1.96. The monoisotopic (exact) mass is 239 g/mol. The van der Waals surface area contributed by atoms with Gasteiger partial charge in [0.15, 0.2) is 0 Å². The average Bonchev–Trinajstić information content (AvgIpc) is 2.27. The first kappa shape index (κ1) is 13.1. The molecule has 1 aromatic rings. The van der Waals surface area contributed by atoms with Crippen molar-refractivity contribution in [3.05, 3.63) is 34.4 Å². The van der Waals surface area contributed by atoms with Crippen molar-refractivity contribution in [3.63, 3.8) is 0 Å². The van der Waals surface area contributed by atoms with Crippen LogP contribution in [0.4, 0.5) is 8.78 Å². The molecule has 0 radical (unpaired) electrons. The second-order valence-corrected chi connectivity index (χ2v) is 3.50. The van der Waals surface area contributed by atoms with Crippen molar-refractivity contribution >= 4 is 5.97 Å². The van der Waals surface area contributed by atoms with Crippen molar-refractivity contribution in [1.82, 2.24) is 0 Å². The molecule has 3 nitrogen and oxygen atoms in total. The van der Waals surface area contributed by atoms with E-state index >= 15 is 0 Å². The number of halogens is 2. The molecule has 5 heteroatoms. The summed E-state index contributed by atoms with van der Waals surface area (Å²) < 4.78 is 25.8. The van der Waals surface area contributed by atoms with E-state index in [1.54, 1.807) is 13.0 Å². The van der Waals surface area contributed by atoms with Gasteiger partial charge in [0.2, 0.25) is 0 Å². The third kappa shape index (κ3) is 2.78. The molecule has 1 N–H and O–H groups in total. The summed E-state index contributed by atoms with van der Waals surface area (Å²) in [4.78, 5) is 10.6. The highest BCUT2D eigenvalue weighted by molar-refractivity contribution is 5.71. The van der Waals surface area contributed by atoms with E-state index in [2.05, 4.69) is 0 Å². The third-order valence-corrected chi connectivity index (χ3v) is 2.49. The molecule has 0 amide bonds. The number of nitrogens with zero attached hydrogens (tertiary/aromatic N) is 1. The predicted molar refractivity (Wildman–Crippen MR) is 56.8 cm³/mol. The van der Waals surface area contributed by atoms with E-state index in [-0.39, 0.29) is 29.5 Å². The minimum absolute atomic E-state index is 0.0917. The van der Waals surface area contributed by atoms with Crippen LogP contribution in [-0.4, -0.2) is 11.1 Å². The molecule has 0 aliphatic carbocycles. The average molecular weight is 239 g/mol. The maximum atomic E-state index is 12.9. The number of aliphatic carboxylic acids is 1. The highest BCUT2D eigenvalue weighted by atomic mass is 19.3. The SMILES string of the molecule is CCc1c(CC(=O)O)ccc(C#N)c1C(F)F. The van der Waals surface area contributed by atoms with Gasteiger partial charge in [0.05, 0.1) is 18.1 Å². The van der Waals surface area contributed by atoms with Gasteiger partial charge >= 0.3 is 5.97 Å². The van der Waals surface area contributed by atoms with Crippen molar-refractivity contribution in [2.24, 2.45) is 0 Å². The Morgan fingerprint density at radius 2 is 2.18 bits per heavy atom. The Morgan fingerprint density at radius 1 is 1.53 bits per heavy atom. The highest BCUT2D eigenvalue weighted by Crippen LogP contribution is 2.29. The summed E-state index contributed by atoms with van der Waals surface area (Å²) >= 11 is 0. The van der Waals surface area contributed by atoms with Gasteiger partial charge in [-0.05, 0) is 23.6 Å². The third-order valence-electron chi connectivity index (χ3n) is 2.49. The topological polar surface area (TPSA) is 61.1 Å². The number of carbonyl (C=O) groups is 1. The van der Waals surface area contributed by atoms with Crippen molar-refractivity contribution in [2.75, 3.05) is 0 Å². The van der Waals surface area contributed by atoms with Gasteiger partial charge in [0.1, 0.15) is 0 Å². The van der Waals surface area contributed by atoms with Crippen LogP contribution in [0, 0.1) is 11.3 Å². The second-order valence-electron chi connectivity index (χ2n) is 3.50. The van der Waals surface area contributed by atoms with Crippen LogP contribution in [0.15, 0.2) is 12.1 Å². The lowest BCUT2D eigenvalue weighted by Crippen LogP contribution is -2.07. The van der Waals surface area contributed by atoms with Crippen LogP contribution >= 0.6 is 0 Å². The van der Waals surface area contributed by atoms with Gasteiger partial charge in [0.25, 0.3) is 6.43 Å². The molecule has 0 unspecified atom stereocenters. The van der Waals surface area contributed by atoms with E-state index in [1.807, 2.05) is 0 Å². The first-order valence-corrected chi connectivity index (χ1v) is 5.05. The molecule has 1 aromatic carbocycles. The number of carboxylic acid groups (broad SMARTS) is 1. The molecule has 0 saturated heterocycles. The summed E-state index contributed by atoms with van der Waals surface area (Å²) in [5.41, 5.74) is 0.176.